The number of nitrogens with one attached hydrogen (secondary N) is 3. The molecule has 2 saturated carbocycles. The summed E-state index contributed by atoms with van der Waals surface area (Å²) in [5, 5.41) is 28.0. The van der Waals surface area contributed by atoms with Gasteiger partial charge in [-0.1, -0.05) is 60.8 Å². The first-order valence-corrected chi connectivity index (χ1v) is 16.3. The zero-order valence-corrected chi connectivity index (χ0v) is 27.4. The maximum Gasteiger partial charge on any atom is 0.455 e. The fourth-order valence-corrected chi connectivity index (χ4v) is 5.75. The molecule has 2 aliphatic carbocycles. The summed E-state index contributed by atoms with van der Waals surface area (Å²) in [6, 6.07) is 0.814. The molecule has 1 heterocycles. The van der Waals surface area contributed by atoms with E-state index in [0.717, 1.165) is 37.1 Å². The number of carbonyl (C=O) groups excluding carboxylic acids is 3. The highest BCUT2D eigenvalue weighted by atomic mass is 35.5. The van der Waals surface area contributed by atoms with Gasteiger partial charge in [-0.3, -0.25) is 19.7 Å². The van der Waals surface area contributed by atoms with E-state index in [-0.39, 0.29) is 34.1 Å². The lowest BCUT2D eigenvalue weighted by Gasteiger charge is -2.33. The van der Waals surface area contributed by atoms with Crippen LogP contribution in [0, 0.1) is 0 Å². The second-order valence-electron chi connectivity index (χ2n) is 12.1. The molecule has 2 aromatic carbocycles. The molecule has 0 aliphatic heterocycles. The van der Waals surface area contributed by atoms with Crippen LogP contribution in [0.1, 0.15) is 68.7 Å². The molecule has 2 fully saturated rings. The Labute approximate surface area is 286 Å². The molecular formula is C31H32Cl2F5N7O4. The Morgan fingerprint density at radius 1 is 1.00 bits per heavy atom. The number of tetrazole rings is 1. The lowest BCUT2D eigenvalue weighted by Crippen LogP contribution is -2.57. The number of nitrogens with zero attached hydrogens (tertiary/aromatic N) is 4. The second kappa shape index (κ2) is 14.5. The van der Waals surface area contributed by atoms with E-state index in [1.54, 1.807) is 11.6 Å². The number of rotatable bonds is 15. The fourth-order valence-electron chi connectivity index (χ4n) is 5.22. The average molecular weight is 733 g/mol. The summed E-state index contributed by atoms with van der Waals surface area (Å²) in [5.41, 5.74) is -0.0782. The van der Waals surface area contributed by atoms with Gasteiger partial charge in [0.05, 0.1) is 28.2 Å². The van der Waals surface area contributed by atoms with Crippen LogP contribution in [0.4, 0.5) is 22.0 Å². The number of Topliss-reactive ketones (excluding diaryl/α,β-unsaturated/α-hetero) is 1. The number of aromatic nitrogens is 4. The van der Waals surface area contributed by atoms with Gasteiger partial charge in [-0.25, -0.2) is 4.68 Å². The predicted molar refractivity (Wildman–Crippen MR) is 167 cm³/mol. The number of ketones is 1. The first-order valence-electron chi connectivity index (χ1n) is 15.5. The third-order valence-corrected chi connectivity index (χ3v) is 8.75. The van der Waals surface area contributed by atoms with Gasteiger partial charge in [0.2, 0.25) is 11.7 Å². The van der Waals surface area contributed by atoms with Crippen LogP contribution in [-0.2, 0) is 20.8 Å². The van der Waals surface area contributed by atoms with Crippen LogP contribution >= 0.6 is 23.2 Å². The van der Waals surface area contributed by atoms with Crippen molar-refractivity contribution in [1.82, 2.24) is 36.2 Å². The van der Waals surface area contributed by atoms with Gasteiger partial charge in [0.25, 0.3) is 5.91 Å². The first kappa shape index (κ1) is 36.4. The molecule has 11 nitrogen and oxygen atoms in total. The van der Waals surface area contributed by atoms with E-state index < -0.39 is 65.6 Å². The van der Waals surface area contributed by atoms with Crippen LogP contribution in [0.5, 0.6) is 5.75 Å². The van der Waals surface area contributed by atoms with Crippen LogP contribution in [0.2, 0.25) is 10.0 Å². The summed E-state index contributed by atoms with van der Waals surface area (Å²) < 4.78 is 74.3. The molecule has 1 aromatic heterocycles. The fraction of sp³-hybridized carbons (Fsp3) is 0.484. The number of halogens is 7. The van der Waals surface area contributed by atoms with Crippen LogP contribution in [0.3, 0.4) is 0 Å². The SMILES string of the molecule is CCC[C@H](NC(=O)[C@H](Cc1cc(Cl)c(O)c(Cl)c1)N[C@@H](c1ccc(-c2nnnn2C2CC2)cc1)C(F)(F)C(F)(F)F)C(=O)C(=O)NC1CC1. The molecule has 5 rings (SSSR count). The Morgan fingerprint density at radius 3 is 2.18 bits per heavy atom. The van der Waals surface area contributed by atoms with E-state index in [4.69, 9.17) is 23.2 Å². The van der Waals surface area contributed by atoms with Crippen molar-refractivity contribution in [1.29, 1.82) is 0 Å². The maximum atomic E-state index is 15.4. The highest BCUT2D eigenvalue weighted by Crippen LogP contribution is 2.45. The summed E-state index contributed by atoms with van der Waals surface area (Å²) in [4.78, 5) is 39.3. The Bertz CT molecular complexity index is 1670. The van der Waals surface area contributed by atoms with Crippen LogP contribution < -0.4 is 16.0 Å². The standard InChI is InChI=1S/C31H32Cl2F5N7O4/c1-2-3-22(25(47)29(49)39-18-8-9-18)41-28(48)23(14-15-12-20(32)24(46)21(33)13-15)40-26(30(34,35)31(36,37)38)16-4-6-17(7-5-16)27-42-43-44-45(27)19-10-11-19/h4-7,12-13,18-19,22-23,26,40,46H,2-3,8-11,14H2,1H3,(H,39,49)(H,41,48)/t22-,23-,26-/m0/s1. The number of hydrogen-bond acceptors (Lipinski definition) is 8. The number of amides is 2. The van der Waals surface area contributed by atoms with Gasteiger partial charge in [0.1, 0.15) is 6.04 Å². The lowest BCUT2D eigenvalue weighted by molar-refractivity contribution is -0.294. The van der Waals surface area contributed by atoms with E-state index >= 15 is 8.78 Å². The number of carbonyl (C=O) groups is 3. The van der Waals surface area contributed by atoms with Gasteiger partial charge in [-0.15, -0.1) is 5.10 Å². The summed E-state index contributed by atoms with van der Waals surface area (Å²) in [5.74, 6) is -8.71. The molecule has 0 saturated heterocycles. The molecule has 4 N–H and O–H groups in total. The van der Waals surface area contributed by atoms with Gasteiger partial charge in [-0.2, -0.15) is 22.0 Å². The number of phenolic OH excluding ortho intramolecular Hbond substituents is 1. The van der Waals surface area contributed by atoms with Crippen molar-refractivity contribution in [2.75, 3.05) is 0 Å². The molecule has 18 heteroatoms. The minimum atomic E-state index is -6.06. The van der Waals surface area contributed by atoms with E-state index in [1.807, 2.05) is 0 Å². The van der Waals surface area contributed by atoms with Crippen molar-refractivity contribution in [3.8, 4) is 17.1 Å². The Kier molecular flexibility index (Phi) is 10.8. The first-order chi connectivity index (χ1) is 23.1. The van der Waals surface area contributed by atoms with Gasteiger partial charge in [0.15, 0.2) is 11.6 Å². The van der Waals surface area contributed by atoms with E-state index in [9.17, 15) is 32.7 Å². The van der Waals surface area contributed by atoms with Crippen molar-refractivity contribution < 1.29 is 41.4 Å². The zero-order chi connectivity index (χ0) is 35.7. The highest BCUT2D eigenvalue weighted by molar-refractivity contribution is 6.38. The maximum absolute atomic E-state index is 15.4. The third-order valence-electron chi connectivity index (χ3n) is 8.18. The molecule has 3 aromatic rings. The summed E-state index contributed by atoms with van der Waals surface area (Å²) >= 11 is 12.1. The topological polar surface area (TPSA) is 151 Å². The van der Waals surface area contributed by atoms with Crippen LogP contribution in [-0.4, -0.2) is 73.1 Å². The largest absolute Gasteiger partial charge is 0.505 e. The summed E-state index contributed by atoms with van der Waals surface area (Å²) in [6.07, 6.45) is -3.30. The van der Waals surface area contributed by atoms with Crippen molar-refractivity contribution in [3.63, 3.8) is 0 Å². The van der Waals surface area contributed by atoms with Crippen LogP contribution in [0.15, 0.2) is 36.4 Å². The molecule has 3 atom stereocenters. The number of hydrogen-bond donors (Lipinski definition) is 4. The average Bonchev–Trinajstić information content (AvgIpc) is 3.99. The van der Waals surface area contributed by atoms with Gasteiger partial charge >= 0.3 is 12.1 Å². The highest BCUT2D eigenvalue weighted by Gasteiger charge is 2.63. The summed E-state index contributed by atoms with van der Waals surface area (Å²) in [6.45, 7) is 1.67. The lowest BCUT2D eigenvalue weighted by atomic mass is 9.95. The molecule has 2 aliphatic rings. The Morgan fingerprint density at radius 2 is 1.63 bits per heavy atom. The molecule has 2 amide bonds. The molecule has 0 bridgehead atoms. The Balaban J connectivity index is 1.49. The number of alkyl halides is 5. The molecule has 0 unspecified atom stereocenters. The summed E-state index contributed by atoms with van der Waals surface area (Å²) in [7, 11) is 0. The van der Waals surface area contributed by atoms with Crippen molar-refractivity contribution >= 4 is 40.8 Å². The van der Waals surface area contributed by atoms with Crippen molar-refractivity contribution in [3.05, 3.63) is 57.6 Å². The quantitative estimate of drug-likeness (QED) is 0.122. The number of phenols is 1. The number of aromatic hydroxyl groups is 1. The van der Waals surface area contributed by atoms with E-state index in [2.05, 4.69) is 31.5 Å². The minimum Gasteiger partial charge on any atom is -0.505 e. The van der Waals surface area contributed by atoms with E-state index in [0.29, 0.717) is 30.7 Å². The zero-order valence-electron chi connectivity index (χ0n) is 25.9. The molecule has 0 radical (unpaired) electrons. The normalized spacial score (nSPS) is 16.9. The monoisotopic (exact) mass is 731 g/mol. The van der Waals surface area contributed by atoms with E-state index in [1.165, 1.54) is 12.1 Å². The third kappa shape index (κ3) is 8.47. The van der Waals surface area contributed by atoms with Crippen molar-refractivity contribution in [2.24, 2.45) is 0 Å². The molecule has 49 heavy (non-hydrogen) atoms. The predicted octanol–water partition coefficient (Wildman–Crippen LogP) is 5.26. The van der Waals surface area contributed by atoms with Crippen LogP contribution in [0.25, 0.3) is 11.4 Å². The number of benzene rings is 2. The van der Waals surface area contributed by atoms with Crippen molar-refractivity contribution in [2.45, 2.75) is 94.2 Å². The minimum absolute atomic E-state index is 0.0177. The molecular weight excluding hydrogens is 700 g/mol. The second-order valence-corrected chi connectivity index (χ2v) is 13.0. The molecule has 264 valence electrons. The smallest absolute Gasteiger partial charge is 0.455 e. The van der Waals surface area contributed by atoms with Gasteiger partial charge in [-0.05, 0) is 72.2 Å². The van der Waals surface area contributed by atoms with Gasteiger partial charge < -0.3 is 15.7 Å². The molecule has 0 spiro atoms. The van der Waals surface area contributed by atoms with Gasteiger partial charge in [0, 0.05) is 11.6 Å². The Hall–Kier alpha value is -3.89.